The van der Waals surface area contributed by atoms with Crippen LogP contribution in [0.2, 0.25) is 0 Å². The van der Waals surface area contributed by atoms with Gasteiger partial charge in [-0.05, 0) is 49.8 Å². The third kappa shape index (κ3) is 4.19. The van der Waals surface area contributed by atoms with Crippen LogP contribution >= 0.6 is 0 Å². The van der Waals surface area contributed by atoms with Crippen molar-refractivity contribution < 1.29 is 15.0 Å². The van der Waals surface area contributed by atoms with Crippen molar-refractivity contribution >= 4 is 5.91 Å². The van der Waals surface area contributed by atoms with Gasteiger partial charge >= 0.3 is 0 Å². The third-order valence-electron chi connectivity index (χ3n) is 4.06. The van der Waals surface area contributed by atoms with Gasteiger partial charge in [0.15, 0.2) is 0 Å². The van der Waals surface area contributed by atoms with Gasteiger partial charge in [-0.25, -0.2) is 0 Å². The molecule has 2 rings (SSSR count). The van der Waals surface area contributed by atoms with Crippen molar-refractivity contribution in [2.45, 2.75) is 44.2 Å². The van der Waals surface area contributed by atoms with Crippen LogP contribution in [0.25, 0.3) is 0 Å². The lowest BCUT2D eigenvalue weighted by Gasteiger charge is -2.27. The zero-order chi connectivity index (χ0) is 15.2. The fraction of sp³-hybridized carbons (Fsp3) is 0.562. The molecule has 5 heteroatoms. The average molecular weight is 292 g/mol. The highest BCUT2D eigenvalue weighted by atomic mass is 16.3. The molecule has 0 bridgehead atoms. The predicted octanol–water partition coefficient (Wildman–Crippen LogP) is 1.03. The Kier molecular flexibility index (Phi) is 5.59. The first-order valence-electron chi connectivity index (χ1n) is 7.56. The van der Waals surface area contributed by atoms with E-state index < -0.39 is 6.04 Å². The molecule has 1 amide bonds. The van der Waals surface area contributed by atoms with Crippen LogP contribution in [0.5, 0.6) is 5.75 Å². The van der Waals surface area contributed by atoms with Crippen molar-refractivity contribution in [1.82, 2.24) is 4.90 Å². The first kappa shape index (κ1) is 15.8. The van der Waals surface area contributed by atoms with Crippen molar-refractivity contribution in [3.8, 4) is 5.75 Å². The van der Waals surface area contributed by atoms with Crippen molar-refractivity contribution in [1.29, 1.82) is 0 Å². The Balaban J connectivity index is 1.93. The van der Waals surface area contributed by atoms with Crippen LogP contribution < -0.4 is 5.73 Å². The number of aliphatic hydroxyl groups excluding tert-OH is 1. The summed E-state index contributed by atoms with van der Waals surface area (Å²) in [5, 5.41) is 18.2. The van der Waals surface area contributed by atoms with Crippen molar-refractivity contribution in [3.63, 3.8) is 0 Å². The summed E-state index contributed by atoms with van der Waals surface area (Å²) in [6.07, 6.45) is 4.05. The number of phenolic OH excluding ortho intramolecular Hbond substituents is 1. The van der Waals surface area contributed by atoms with Gasteiger partial charge in [0.2, 0.25) is 5.91 Å². The number of nitrogens with two attached hydrogens (primary N) is 1. The molecule has 0 saturated carbocycles. The minimum atomic E-state index is -0.552. The summed E-state index contributed by atoms with van der Waals surface area (Å²) in [6.45, 7) is 0.927. The van der Waals surface area contributed by atoms with Gasteiger partial charge in [0.25, 0.3) is 0 Å². The molecule has 1 aliphatic rings. The zero-order valence-corrected chi connectivity index (χ0v) is 12.2. The molecule has 1 aromatic carbocycles. The van der Waals surface area contributed by atoms with Gasteiger partial charge in [0.05, 0.1) is 6.04 Å². The fourth-order valence-electron chi connectivity index (χ4n) is 2.94. The van der Waals surface area contributed by atoms with Crippen LogP contribution in [0.1, 0.15) is 31.2 Å². The Hall–Kier alpha value is -1.59. The number of aromatic hydroxyl groups is 1. The number of phenols is 1. The number of hydrogen-bond acceptors (Lipinski definition) is 4. The summed E-state index contributed by atoms with van der Waals surface area (Å²) < 4.78 is 0. The highest BCUT2D eigenvalue weighted by molar-refractivity contribution is 5.82. The largest absolute Gasteiger partial charge is 0.508 e. The van der Waals surface area contributed by atoms with E-state index >= 15 is 0 Å². The fourth-order valence-corrected chi connectivity index (χ4v) is 2.94. The van der Waals surface area contributed by atoms with Gasteiger partial charge in [0.1, 0.15) is 5.75 Å². The van der Waals surface area contributed by atoms with Gasteiger partial charge < -0.3 is 20.8 Å². The monoisotopic (exact) mass is 292 g/mol. The van der Waals surface area contributed by atoms with Gasteiger partial charge in [0, 0.05) is 19.2 Å². The second-order valence-electron chi connectivity index (χ2n) is 5.67. The summed E-state index contributed by atoms with van der Waals surface area (Å²) in [4.78, 5) is 14.4. The number of nitrogens with zero attached hydrogens (tertiary/aromatic N) is 1. The Morgan fingerprint density at radius 3 is 2.76 bits per heavy atom. The lowest BCUT2D eigenvalue weighted by Crippen LogP contribution is -2.47. The maximum atomic E-state index is 12.5. The van der Waals surface area contributed by atoms with Crippen LogP contribution in [0, 0.1) is 0 Å². The van der Waals surface area contributed by atoms with Crippen LogP contribution in [0.3, 0.4) is 0 Å². The van der Waals surface area contributed by atoms with Crippen LogP contribution in [-0.2, 0) is 11.2 Å². The quantitative estimate of drug-likeness (QED) is 0.731. The van der Waals surface area contributed by atoms with Crippen molar-refractivity contribution in [3.05, 3.63) is 29.8 Å². The molecule has 0 aromatic heterocycles. The number of carbonyl (C=O) groups excluding carboxylic acids is 1. The normalized spacial score (nSPS) is 19.7. The molecule has 4 N–H and O–H groups in total. The molecule has 0 spiro atoms. The Labute approximate surface area is 125 Å². The molecule has 116 valence electrons. The maximum absolute atomic E-state index is 12.5. The summed E-state index contributed by atoms with van der Waals surface area (Å²) in [5.41, 5.74) is 7.00. The molecule has 1 aromatic rings. The lowest BCUT2D eigenvalue weighted by atomic mass is 10.0. The van der Waals surface area contributed by atoms with Gasteiger partial charge in [-0.3, -0.25) is 4.79 Å². The minimum absolute atomic E-state index is 0.0106. The second kappa shape index (κ2) is 7.43. The van der Waals surface area contributed by atoms with E-state index in [-0.39, 0.29) is 24.3 Å². The van der Waals surface area contributed by atoms with E-state index in [1.165, 1.54) is 0 Å². The number of benzene rings is 1. The van der Waals surface area contributed by atoms with E-state index in [2.05, 4.69) is 0 Å². The van der Waals surface area contributed by atoms with E-state index in [0.717, 1.165) is 37.8 Å². The average Bonchev–Trinajstić information content (AvgIpc) is 2.95. The Bertz CT molecular complexity index is 461. The topological polar surface area (TPSA) is 86.8 Å². The van der Waals surface area contributed by atoms with Crippen LogP contribution in [0.15, 0.2) is 24.3 Å². The molecule has 1 saturated heterocycles. The van der Waals surface area contributed by atoms with E-state index in [1.807, 2.05) is 4.90 Å². The molecule has 1 aliphatic heterocycles. The lowest BCUT2D eigenvalue weighted by molar-refractivity contribution is -0.133. The predicted molar refractivity (Wildman–Crippen MR) is 80.8 cm³/mol. The summed E-state index contributed by atoms with van der Waals surface area (Å²) >= 11 is 0. The first-order chi connectivity index (χ1) is 10.1. The van der Waals surface area contributed by atoms with Crippen molar-refractivity contribution in [2.24, 2.45) is 5.73 Å². The molecule has 5 nitrogen and oxygen atoms in total. The van der Waals surface area contributed by atoms with E-state index in [9.17, 15) is 9.90 Å². The number of hydrogen-bond donors (Lipinski definition) is 3. The molecule has 1 heterocycles. The van der Waals surface area contributed by atoms with Crippen molar-refractivity contribution in [2.75, 3.05) is 13.2 Å². The molecule has 0 aliphatic carbocycles. The molecule has 0 radical (unpaired) electrons. The molecule has 1 unspecified atom stereocenters. The summed E-state index contributed by atoms with van der Waals surface area (Å²) in [7, 11) is 0. The van der Waals surface area contributed by atoms with Crippen LogP contribution in [-0.4, -0.2) is 46.3 Å². The Morgan fingerprint density at radius 1 is 1.38 bits per heavy atom. The standard InChI is InChI=1S/C16H24N2O3/c17-15(11-12-5-7-14(20)8-6-12)16(21)18-9-1-3-13(18)4-2-10-19/h5-8,13,15,19-20H,1-4,9-11,17H2/t13?,15-/m0/s1. The molecular formula is C16H24N2O3. The van der Waals surface area contributed by atoms with Gasteiger partial charge in [-0.2, -0.15) is 0 Å². The highest BCUT2D eigenvalue weighted by Gasteiger charge is 2.31. The van der Waals surface area contributed by atoms with E-state index in [1.54, 1.807) is 24.3 Å². The number of carbonyl (C=O) groups is 1. The Morgan fingerprint density at radius 2 is 2.10 bits per heavy atom. The number of likely N-dealkylation sites (tertiary alicyclic amines) is 1. The second-order valence-corrected chi connectivity index (χ2v) is 5.67. The third-order valence-corrected chi connectivity index (χ3v) is 4.06. The highest BCUT2D eigenvalue weighted by Crippen LogP contribution is 2.22. The van der Waals surface area contributed by atoms with Gasteiger partial charge in [-0.15, -0.1) is 0 Å². The molecule has 21 heavy (non-hydrogen) atoms. The van der Waals surface area contributed by atoms with Gasteiger partial charge in [-0.1, -0.05) is 12.1 Å². The SMILES string of the molecule is N[C@@H](Cc1ccc(O)cc1)C(=O)N1CCCC1CCCO. The minimum Gasteiger partial charge on any atom is -0.508 e. The summed E-state index contributed by atoms with van der Waals surface area (Å²) in [5.74, 6) is 0.200. The van der Waals surface area contributed by atoms with E-state index in [0.29, 0.717) is 6.42 Å². The molecular weight excluding hydrogens is 268 g/mol. The zero-order valence-electron chi connectivity index (χ0n) is 12.2. The number of aliphatic hydroxyl groups is 1. The molecule has 2 atom stereocenters. The smallest absolute Gasteiger partial charge is 0.240 e. The maximum Gasteiger partial charge on any atom is 0.240 e. The number of rotatable bonds is 6. The summed E-state index contributed by atoms with van der Waals surface area (Å²) in [6, 6.07) is 6.45. The first-order valence-corrected chi connectivity index (χ1v) is 7.56. The number of amides is 1. The van der Waals surface area contributed by atoms with Crippen LogP contribution in [0.4, 0.5) is 0 Å². The van der Waals surface area contributed by atoms with E-state index in [4.69, 9.17) is 10.8 Å². The molecule has 1 fully saturated rings.